The second kappa shape index (κ2) is 5.79. The number of carbonyl (C=O) groups excluding carboxylic acids is 3. The van der Waals surface area contributed by atoms with Crippen LogP contribution in [-0.2, 0) is 10.3 Å². The van der Waals surface area contributed by atoms with Gasteiger partial charge in [-0.05, 0) is 36.1 Å². The van der Waals surface area contributed by atoms with Crippen LogP contribution in [0.15, 0.2) is 41.8 Å². The summed E-state index contributed by atoms with van der Waals surface area (Å²) in [4.78, 5) is 38.5. The van der Waals surface area contributed by atoms with E-state index in [9.17, 15) is 14.4 Å². The first kappa shape index (κ1) is 15.7. The van der Waals surface area contributed by atoms with Crippen LogP contribution in [0.4, 0.5) is 4.79 Å². The number of benzene rings is 1. The van der Waals surface area contributed by atoms with Crippen molar-refractivity contribution < 1.29 is 14.4 Å². The molecule has 1 aromatic heterocycles. The van der Waals surface area contributed by atoms with Crippen molar-refractivity contribution in [3.05, 3.63) is 57.2 Å². The molecule has 0 radical (unpaired) electrons. The van der Waals surface area contributed by atoms with E-state index in [1.807, 2.05) is 0 Å². The van der Waals surface area contributed by atoms with E-state index < -0.39 is 17.5 Å². The van der Waals surface area contributed by atoms with Gasteiger partial charge in [0.25, 0.3) is 5.91 Å². The summed E-state index contributed by atoms with van der Waals surface area (Å²) in [5.74, 6) is -0.710. The molecule has 23 heavy (non-hydrogen) atoms. The van der Waals surface area contributed by atoms with Crippen LogP contribution in [0.1, 0.15) is 22.2 Å². The van der Waals surface area contributed by atoms with Gasteiger partial charge < -0.3 is 5.32 Å². The van der Waals surface area contributed by atoms with Gasteiger partial charge in [-0.1, -0.05) is 29.8 Å². The van der Waals surface area contributed by atoms with Gasteiger partial charge in [0, 0.05) is 5.02 Å². The van der Waals surface area contributed by atoms with Gasteiger partial charge in [-0.15, -0.1) is 11.3 Å². The van der Waals surface area contributed by atoms with Crippen LogP contribution in [-0.4, -0.2) is 29.2 Å². The summed E-state index contributed by atoms with van der Waals surface area (Å²) >= 11 is 7.14. The Bertz CT molecular complexity index is 773. The second-order valence-electron chi connectivity index (χ2n) is 5.35. The molecule has 1 aliphatic rings. The van der Waals surface area contributed by atoms with E-state index in [4.69, 9.17) is 11.6 Å². The highest BCUT2D eigenvalue weighted by atomic mass is 35.5. The SMILES string of the molecule is C[C@]1(c2ccc(Cl)cc2)NC(=O)N(CC(=O)c2cccs2)C1=O. The Morgan fingerprint density at radius 3 is 2.57 bits per heavy atom. The molecule has 1 N–H and O–H groups in total. The fraction of sp³-hybridized carbons (Fsp3) is 0.188. The number of rotatable bonds is 4. The quantitative estimate of drug-likeness (QED) is 0.682. The van der Waals surface area contributed by atoms with Crippen LogP contribution < -0.4 is 5.32 Å². The molecule has 1 atom stereocenters. The molecule has 3 rings (SSSR count). The number of amides is 3. The van der Waals surface area contributed by atoms with E-state index >= 15 is 0 Å². The fourth-order valence-corrected chi connectivity index (χ4v) is 3.26. The Hall–Kier alpha value is -2.18. The number of ketones is 1. The summed E-state index contributed by atoms with van der Waals surface area (Å²) in [5, 5.41) is 4.98. The molecule has 1 aromatic carbocycles. The van der Waals surface area contributed by atoms with Crippen molar-refractivity contribution in [1.29, 1.82) is 0 Å². The number of Topliss-reactive ketones (excluding diaryl/α,β-unsaturated/α-hetero) is 1. The van der Waals surface area contributed by atoms with Crippen LogP contribution in [0.2, 0.25) is 5.02 Å². The van der Waals surface area contributed by atoms with Crippen molar-refractivity contribution in [3.8, 4) is 0 Å². The van der Waals surface area contributed by atoms with Crippen molar-refractivity contribution in [3.63, 3.8) is 0 Å². The van der Waals surface area contributed by atoms with Gasteiger partial charge >= 0.3 is 6.03 Å². The fourth-order valence-electron chi connectivity index (χ4n) is 2.48. The Balaban J connectivity index is 1.85. The van der Waals surface area contributed by atoms with Gasteiger partial charge in [0.1, 0.15) is 5.54 Å². The number of hydrogen-bond donors (Lipinski definition) is 1. The predicted molar refractivity (Wildman–Crippen MR) is 87.7 cm³/mol. The average molecular weight is 349 g/mol. The highest BCUT2D eigenvalue weighted by Gasteiger charge is 2.49. The van der Waals surface area contributed by atoms with Gasteiger partial charge in [-0.3, -0.25) is 14.5 Å². The van der Waals surface area contributed by atoms with Crippen molar-refractivity contribution in [2.75, 3.05) is 6.54 Å². The van der Waals surface area contributed by atoms with Gasteiger partial charge in [0.15, 0.2) is 5.78 Å². The van der Waals surface area contributed by atoms with Crippen LogP contribution >= 0.6 is 22.9 Å². The zero-order valence-corrected chi connectivity index (χ0v) is 13.8. The lowest BCUT2D eigenvalue weighted by Gasteiger charge is -2.22. The van der Waals surface area contributed by atoms with E-state index in [1.54, 1.807) is 48.7 Å². The molecule has 0 saturated carbocycles. The smallest absolute Gasteiger partial charge is 0.319 e. The molecule has 3 amide bonds. The second-order valence-corrected chi connectivity index (χ2v) is 6.74. The van der Waals surface area contributed by atoms with E-state index in [0.717, 1.165) is 4.90 Å². The van der Waals surface area contributed by atoms with Crippen molar-refractivity contribution in [1.82, 2.24) is 10.2 Å². The summed E-state index contributed by atoms with van der Waals surface area (Å²) in [6.45, 7) is 1.35. The third kappa shape index (κ3) is 2.75. The molecule has 1 saturated heterocycles. The van der Waals surface area contributed by atoms with Crippen molar-refractivity contribution in [2.24, 2.45) is 0 Å². The lowest BCUT2D eigenvalue weighted by molar-refractivity contribution is -0.130. The van der Waals surface area contributed by atoms with E-state index in [2.05, 4.69) is 5.32 Å². The molecular formula is C16H13ClN2O3S. The van der Waals surface area contributed by atoms with Gasteiger partial charge in [-0.25, -0.2) is 4.79 Å². The largest absolute Gasteiger partial charge is 0.325 e. The van der Waals surface area contributed by atoms with Crippen LogP contribution in [0, 0.1) is 0 Å². The maximum Gasteiger partial charge on any atom is 0.325 e. The highest BCUT2D eigenvalue weighted by molar-refractivity contribution is 7.12. The zero-order chi connectivity index (χ0) is 16.6. The summed E-state index contributed by atoms with van der Waals surface area (Å²) < 4.78 is 0. The molecule has 0 unspecified atom stereocenters. The lowest BCUT2D eigenvalue weighted by atomic mass is 9.92. The van der Waals surface area contributed by atoms with E-state index in [1.165, 1.54) is 11.3 Å². The molecule has 0 spiro atoms. The zero-order valence-electron chi connectivity index (χ0n) is 12.2. The predicted octanol–water partition coefficient (Wildman–Crippen LogP) is 3.05. The van der Waals surface area contributed by atoms with Gasteiger partial charge in [0.2, 0.25) is 0 Å². The van der Waals surface area contributed by atoms with Crippen molar-refractivity contribution in [2.45, 2.75) is 12.5 Å². The first-order chi connectivity index (χ1) is 10.9. The number of imide groups is 1. The maximum atomic E-state index is 12.7. The number of hydrogen-bond acceptors (Lipinski definition) is 4. The van der Waals surface area contributed by atoms with E-state index in [-0.39, 0.29) is 12.3 Å². The third-order valence-electron chi connectivity index (χ3n) is 3.79. The molecule has 5 nitrogen and oxygen atoms in total. The van der Waals surface area contributed by atoms with Crippen molar-refractivity contribution >= 4 is 40.7 Å². The van der Waals surface area contributed by atoms with Crippen LogP contribution in [0.5, 0.6) is 0 Å². The molecule has 2 heterocycles. The Kier molecular flexibility index (Phi) is 3.95. The summed E-state index contributed by atoms with van der Waals surface area (Å²) in [6, 6.07) is 9.53. The minimum absolute atomic E-state index is 0.260. The summed E-state index contributed by atoms with van der Waals surface area (Å²) in [6.07, 6.45) is 0. The third-order valence-corrected chi connectivity index (χ3v) is 4.96. The molecular weight excluding hydrogens is 336 g/mol. The molecule has 1 fully saturated rings. The number of carbonyl (C=O) groups is 3. The molecule has 2 aromatic rings. The number of nitrogens with zero attached hydrogens (tertiary/aromatic N) is 1. The Morgan fingerprint density at radius 2 is 1.96 bits per heavy atom. The maximum absolute atomic E-state index is 12.7. The van der Waals surface area contributed by atoms with E-state index in [0.29, 0.717) is 15.5 Å². The number of thiophene rings is 1. The Labute approximate surface area is 141 Å². The first-order valence-corrected chi connectivity index (χ1v) is 8.14. The van der Waals surface area contributed by atoms with Gasteiger partial charge in [0.05, 0.1) is 11.4 Å². The lowest BCUT2D eigenvalue weighted by Crippen LogP contribution is -2.41. The molecule has 0 aliphatic carbocycles. The summed E-state index contributed by atoms with van der Waals surface area (Å²) in [5.41, 5.74) is -0.580. The standard InChI is InChI=1S/C16H13ClN2O3S/c1-16(10-4-6-11(17)7-5-10)14(21)19(15(22)18-16)9-12(20)13-3-2-8-23-13/h2-8H,9H2,1H3,(H,18,22)/t16-/m1/s1. The molecule has 118 valence electrons. The molecule has 0 bridgehead atoms. The Morgan fingerprint density at radius 1 is 1.26 bits per heavy atom. The van der Waals surface area contributed by atoms with Crippen LogP contribution in [0.25, 0.3) is 0 Å². The van der Waals surface area contributed by atoms with Crippen LogP contribution in [0.3, 0.4) is 0 Å². The molecule has 1 aliphatic heterocycles. The highest BCUT2D eigenvalue weighted by Crippen LogP contribution is 2.29. The van der Waals surface area contributed by atoms with Gasteiger partial charge in [-0.2, -0.15) is 0 Å². The number of halogens is 1. The normalized spacial score (nSPS) is 20.7. The number of nitrogens with one attached hydrogen (secondary N) is 1. The monoisotopic (exact) mass is 348 g/mol. The minimum atomic E-state index is -1.20. The number of urea groups is 1. The topological polar surface area (TPSA) is 66.5 Å². The summed E-state index contributed by atoms with van der Waals surface area (Å²) in [7, 11) is 0. The average Bonchev–Trinajstić information content (AvgIpc) is 3.12. The minimum Gasteiger partial charge on any atom is -0.319 e. The molecule has 7 heteroatoms. The first-order valence-electron chi connectivity index (χ1n) is 6.88.